The van der Waals surface area contributed by atoms with E-state index < -0.39 is 6.10 Å². The van der Waals surface area contributed by atoms with Gasteiger partial charge in [-0.05, 0) is 29.8 Å². The first kappa shape index (κ1) is 17.6. The van der Waals surface area contributed by atoms with Gasteiger partial charge in [0.15, 0.2) is 6.10 Å². The van der Waals surface area contributed by atoms with Gasteiger partial charge in [0.05, 0.1) is 18.7 Å². The molecule has 132 valence electrons. The van der Waals surface area contributed by atoms with Crippen LogP contribution in [0.25, 0.3) is 0 Å². The molecule has 0 aliphatic carbocycles. The number of aliphatic hydroxyl groups excluding tert-OH is 1. The number of para-hydroxylation sites is 1. The maximum atomic E-state index is 12.6. The van der Waals surface area contributed by atoms with Crippen molar-refractivity contribution in [3.05, 3.63) is 59.1 Å². The molecule has 6 heteroatoms. The van der Waals surface area contributed by atoms with Crippen LogP contribution in [0.4, 0.5) is 0 Å². The van der Waals surface area contributed by atoms with E-state index in [2.05, 4.69) is 0 Å². The molecule has 0 bridgehead atoms. The lowest BCUT2D eigenvalue weighted by atomic mass is 10.1. The fraction of sp³-hybridized carbons (Fsp3) is 0.316. The number of hydrogen-bond donors (Lipinski definition) is 1. The maximum Gasteiger partial charge on any atom is 0.256 e. The minimum Gasteiger partial charge on any atom is -0.497 e. The summed E-state index contributed by atoms with van der Waals surface area (Å²) >= 11 is 6.10. The van der Waals surface area contributed by atoms with E-state index in [0.717, 1.165) is 0 Å². The number of methoxy groups -OCH3 is 1. The molecule has 3 rings (SSSR count). The molecule has 1 aliphatic heterocycles. The number of carbonyl (C=O) groups excluding carboxylic acids is 1. The second-order valence-corrected chi connectivity index (χ2v) is 6.33. The average molecular weight is 362 g/mol. The van der Waals surface area contributed by atoms with Crippen molar-refractivity contribution in [2.45, 2.75) is 18.6 Å². The van der Waals surface area contributed by atoms with E-state index in [1.807, 2.05) is 12.1 Å². The number of amides is 1. The van der Waals surface area contributed by atoms with Gasteiger partial charge in [-0.2, -0.15) is 0 Å². The Morgan fingerprint density at radius 3 is 2.84 bits per heavy atom. The Morgan fingerprint density at radius 2 is 2.08 bits per heavy atom. The molecule has 2 aromatic carbocycles. The van der Waals surface area contributed by atoms with Crippen molar-refractivity contribution in [1.29, 1.82) is 0 Å². The number of aliphatic hydroxyl groups is 1. The highest BCUT2D eigenvalue weighted by atomic mass is 35.5. The van der Waals surface area contributed by atoms with Crippen molar-refractivity contribution < 1.29 is 19.4 Å². The van der Waals surface area contributed by atoms with E-state index in [-0.39, 0.29) is 12.0 Å². The molecule has 0 spiro atoms. The summed E-state index contributed by atoms with van der Waals surface area (Å²) in [4.78, 5) is 14.2. The third-order valence-corrected chi connectivity index (χ3v) is 4.54. The van der Waals surface area contributed by atoms with Crippen molar-refractivity contribution in [3.63, 3.8) is 0 Å². The van der Waals surface area contributed by atoms with Crippen molar-refractivity contribution in [2.24, 2.45) is 0 Å². The highest BCUT2D eigenvalue weighted by Gasteiger charge is 2.32. The van der Waals surface area contributed by atoms with E-state index in [4.69, 9.17) is 21.1 Å². The maximum absolute atomic E-state index is 12.6. The summed E-state index contributed by atoms with van der Waals surface area (Å²) in [5.74, 6) is 0.876. The molecule has 1 N–H and O–H groups in total. The second-order valence-electron chi connectivity index (χ2n) is 5.92. The highest BCUT2D eigenvalue weighted by molar-refractivity contribution is 6.32. The second kappa shape index (κ2) is 7.76. The number of likely N-dealkylation sites (tertiary alicyclic amines) is 1. The molecular weight excluding hydrogens is 342 g/mol. The molecule has 0 radical (unpaired) electrons. The molecule has 2 aromatic rings. The SMILES string of the molecule is COc1cccc(C(O)C(=O)N2CCC(Oc3ccccc3Cl)C2)c1. The predicted octanol–water partition coefficient (Wildman–Crippen LogP) is 3.06. The Hall–Kier alpha value is -2.24. The van der Waals surface area contributed by atoms with Gasteiger partial charge in [0.25, 0.3) is 5.91 Å². The highest BCUT2D eigenvalue weighted by Crippen LogP contribution is 2.28. The number of carbonyl (C=O) groups is 1. The third-order valence-electron chi connectivity index (χ3n) is 4.23. The standard InChI is InChI=1S/C19H20ClNO4/c1-24-14-6-4-5-13(11-14)18(22)19(23)21-10-9-15(12-21)25-17-8-3-2-7-16(17)20/h2-8,11,15,18,22H,9-10,12H2,1H3. The topological polar surface area (TPSA) is 59.0 Å². The molecule has 2 unspecified atom stereocenters. The van der Waals surface area contributed by atoms with Crippen LogP contribution in [0.2, 0.25) is 5.02 Å². The van der Waals surface area contributed by atoms with Gasteiger partial charge < -0.3 is 19.5 Å². The lowest BCUT2D eigenvalue weighted by Gasteiger charge is -2.21. The van der Waals surface area contributed by atoms with Crippen LogP contribution in [-0.2, 0) is 4.79 Å². The summed E-state index contributed by atoms with van der Waals surface area (Å²) in [6, 6.07) is 14.1. The smallest absolute Gasteiger partial charge is 0.256 e. The monoisotopic (exact) mass is 361 g/mol. The van der Waals surface area contributed by atoms with E-state index >= 15 is 0 Å². The lowest BCUT2D eigenvalue weighted by molar-refractivity contribution is -0.139. The molecule has 1 saturated heterocycles. The quantitative estimate of drug-likeness (QED) is 0.889. The summed E-state index contributed by atoms with van der Waals surface area (Å²) in [7, 11) is 1.55. The average Bonchev–Trinajstić information content (AvgIpc) is 3.11. The summed E-state index contributed by atoms with van der Waals surface area (Å²) < 4.78 is 11.0. The first-order chi connectivity index (χ1) is 12.1. The summed E-state index contributed by atoms with van der Waals surface area (Å²) in [5, 5.41) is 10.9. The number of nitrogens with zero attached hydrogens (tertiary/aromatic N) is 1. The van der Waals surface area contributed by atoms with E-state index in [9.17, 15) is 9.90 Å². The molecule has 0 saturated carbocycles. The van der Waals surface area contributed by atoms with Gasteiger partial charge in [0, 0.05) is 13.0 Å². The normalized spacial score (nSPS) is 18.0. The molecule has 5 nitrogen and oxygen atoms in total. The molecule has 1 amide bonds. The summed E-state index contributed by atoms with van der Waals surface area (Å²) in [5.41, 5.74) is 0.514. The predicted molar refractivity (Wildman–Crippen MR) is 95.0 cm³/mol. The van der Waals surface area contributed by atoms with E-state index in [1.54, 1.807) is 48.4 Å². The van der Waals surface area contributed by atoms with Crippen molar-refractivity contribution >= 4 is 17.5 Å². The van der Waals surface area contributed by atoms with Gasteiger partial charge in [-0.3, -0.25) is 4.79 Å². The van der Waals surface area contributed by atoms with Gasteiger partial charge >= 0.3 is 0 Å². The minimum absolute atomic E-state index is 0.138. The van der Waals surface area contributed by atoms with Gasteiger partial charge in [0.2, 0.25) is 0 Å². The summed E-state index contributed by atoms with van der Waals surface area (Å²) in [6.45, 7) is 0.958. The number of ether oxygens (including phenoxy) is 2. The molecule has 0 aromatic heterocycles. The Labute approximate surface area is 151 Å². The van der Waals surface area contributed by atoms with Crippen LogP contribution in [-0.4, -0.2) is 42.2 Å². The zero-order chi connectivity index (χ0) is 17.8. The minimum atomic E-state index is -1.21. The molecule has 2 atom stereocenters. The molecular formula is C19H20ClNO4. The number of rotatable bonds is 5. The van der Waals surface area contributed by atoms with Crippen molar-refractivity contribution in [1.82, 2.24) is 4.90 Å². The van der Waals surface area contributed by atoms with Crippen LogP contribution >= 0.6 is 11.6 Å². The zero-order valence-corrected chi connectivity index (χ0v) is 14.6. The number of halogens is 1. The van der Waals surface area contributed by atoms with Crippen LogP contribution in [0.3, 0.4) is 0 Å². The largest absolute Gasteiger partial charge is 0.497 e. The van der Waals surface area contributed by atoms with Gasteiger partial charge in [-0.25, -0.2) is 0 Å². The fourth-order valence-corrected chi connectivity index (χ4v) is 3.05. The van der Waals surface area contributed by atoms with E-state index in [1.165, 1.54) is 0 Å². The van der Waals surface area contributed by atoms with Crippen molar-refractivity contribution in [2.75, 3.05) is 20.2 Å². The zero-order valence-electron chi connectivity index (χ0n) is 13.9. The Bertz CT molecular complexity index is 752. The first-order valence-corrected chi connectivity index (χ1v) is 8.48. The van der Waals surface area contributed by atoms with Crippen LogP contribution in [0, 0.1) is 0 Å². The van der Waals surface area contributed by atoms with Gasteiger partial charge in [-0.1, -0.05) is 35.9 Å². The number of benzene rings is 2. The molecule has 25 heavy (non-hydrogen) atoms. The molecule has 1 aliphatic rings. The molecule has 1 fully saturated rings. The fourth-order valence-electron chi connectivity index (χ4n) is 2.87. The Morgan fingerprint density at radius 1 is 1.28 bits per heavy atom. The van der Waals surface area contributed by atoms with Crippen LogP contribution < -0.4 is 9.47 Å². The summed E-state index contributed by atoms with van der Waals surface area (Å²) in [6.07, 6.45) is -0.655. The Balaban J connectivity index is 1.63. The first-order valence-electron chi connectivity index (χ1n) is 8.10. The van der Waals surface area contributed by atoms with Gasteiger partial charge in [0.1, 0.15) is 17.6 Å². The van der Waals surface area contributed by atoms with Crippen LogP contribution in [0.1, 0.15) is 18.1 Å². The van der Waals surface area contributed by atoms with E-state index in [0.29, 0.717) is 41.6 Å². The van der Waals surface area contributed by atoms with Crippen molar-refractivity contribution in [3.8, 4) is 11.5 Å². The number of hydrogen-bond acceptors (Lipinski definition) is 4. The van der Waals surface area contributed by atoms with Crippen LogP contribution in [0.15, 0.2) is 48.5 Å². The lowest BCUT2D eigenvalue weighted by Crippen LogP contribution is -2.34. The van der Waals surface area contributed by atoms with Gasteiger partial charge in [-0.15, -0.1) is 0 Å². The molecule has 1 heterocycles. The third kappa shape index (κ3) is 4.06. The Kier molecular flexibility index (Phi) is 5.46. The van der Waals surface area contributed by atoms with Crippen LogP contribution in [0.5, 0.6) is 11.5 Å².